The monoisotopic (exact) mass is 170 g/mol. The number of aromatic nitrogens is 2. The van der Waals surface area contributed by atoms with Gasteiger partial charge < -0.3 is 5.11 Å². The van der Waals surface area contributed by atoms with E-state index in [1.54, 1.807) is 0 Å². The van der Waals surface area contributed by atoms with Crippen LogP contribution in [0.3, 0.4) is 0 Å². The summed E-state index contributed by atoms with van der Waals surface area (Å²) < 4.78 is 3.70. The van der Waals surface area contributed by atoms with Gasteiger partial charge in [0, 0.05) is 5.38 Å². The fourth-order valence-electron chi connectivity index (χ4n) is 1.11. The summed E-state index contributed by atoms with van der Waals surface area (Å²) in [6.45, 7) is 0. The van der Waals surface area contributed by atoms with Crippen molar-refractivity contribution in [3.05, 3.63) is 11.1 Å². The first-order chi connectivity index (χ1) is 5.36. The molecule has 1 N–H and O–H groups in total. The Kier molecular flexibility index (Phi) is 1.87. The average Bonchev–Trinajstić information content (AvgIpc) is 2.67. The highest BCUT2D eigenvalue weighted by Crippen LogP contribution is 2.37. The number of aliphatic hydroxyl groups excluding tert-OH is 1. The van der Waals surface area contributed by atoms with Gasteiger partial charge in [0.2, 0.25) is 0 Å². The van der Waals surface area contributed by atoms with E-state index >= 15 is 0 Å². The Balaban J connectivity index is 1.93. The van der Waals surface area contributed by atoms with Crippen LogP contribution in [0.5, 0.6) is 0 Å². The van der Waals surface area contributed by atoms with Gasteiger partial charge in [-0.25, -0.2) is 0 Å². The molecule has 2 rings (SSSR count). The quantitative estimate of drug-likeness (QED) is 0.745. The Bertz CT molecular complexity index is 220. The van der Waals surface area contributed by atoms with Crippen LogP contribution in [-0.2, 0) is 0 Å². The Morgan fingerprint density at radius 2 is 2.55 bits per heavy atom. The Labute approximate surface area is 69.2 Å². The summed E-state index contributed by atoms with van der Waals surface area (Å²) in [5, 5.41) is 15.2. The van der Waals surface area contributed by atoms with Crippen molar-refractivity contribution in [2.75, 3.05) is 0 Å². The molecular weight excluding hydrogens is 160 g/mol. The van der Waals surface area contributed by atoms with Crippen molar-refractivity contribution in [2.24, 2.45) is 5.92 Å². The van der Waals surface area contributed by atoms with Crippen LogP contribution < -0.4 is 0 Å². The van der Waals surface area contributed by atoms with E-state index < -0.39 is 0 Å². The summed E-state index contributed by atoms with van der Waals surface area (Å²) in [6, 6.07) is 0. The third-order valence-electron chi connectivity index (χ3n) is 1.97. The second kappa shape index (κ2) is 2.87. The summed E-state index contributed by atoms with van der Waals surface area (Å²) in [4.78, 5) is 0. The van der Waals surface area contributed by atoms with E-state index in [1.807, 2.05) is 5.38 Å². The molecule has 0 amide bonds. The van der Waals surface area contributed by atoms with Gasteiger partial charge in [-0.3, -0.25) is 0 Å². The molecule has 0 aromatic carbocycles. The number of hydrogen-bond donors (Lipinski definition) is 1. The van der Waals surface area contributed by atoms with Gasteiger partial charge in [-0.05, 0) is 23.9 Å². The van der Waals surface area contributed by atoms with Crippen LogP contribution in [0, 0.1) is 5.92 Å². The predicted octanol–water partition coefficient (Wildman–Crippen LogP) is 1.37. The molecule has 0 radical (unpaired) electrons. The normalized spacial score (nSPS) is 20.1. The Hall–Kier alpha value is -0.480. The molecule has 11 heavy (non-hydrogen) atoms. The van der Waals surface area contributed by atoms with Crippen molar-refractivity contribution < 1.29 is 5.11 Å². The first-order valence-corrected chi connectivity index (χ1v) is 4.65. The third kappa shape index (κ3) is 1.75. The van der Waals surface area contributed by atoms with Gasteiger partial charge in [-0.15, -0.1) is 5.10 Å². The van der Waals surface area contributed by atoms with Gasteiger partial charge in [-0.2, -0.15) is 0 Å². The van der Waals surface area contributed by atoms with Gasteiger partial charge in [-0.1, -0.05) is 17.3 Å². The van der Waals surface area contributed by atoms with Crippen molar-refractivity contribution in [3.8, 4) is 0 Å². The standard InChI is InChI=1S/C7H10N2OS/c10-7(3-5-1-2-5)6-4-11-9-8-6/h4-5,7,10H,1-3H2. The fraction of sp³-hybridized carbons (Fsp3) is 0.714. The molecule has 0 spiro atoms. The zero-order valence-electron chi connectivity index (χ0n) is 6.10. The SMILES string of the molecule is OC(CC1CC1)c1csnn1. The van der Waals surface area contributed by atoms with Crippen molar-refractivity contribution >= 4 is 11.5 Å². The Morgan fingerprint density at radius 3 is 3.09 bits per heavy atom. The summed E-state index contributed by atoms with van der Waals surface area (Å²) in [5.74, 6) is 0.742. The summed E-state index contributed by atoms with van der Waals surface area (Å²) in [6.07, 6.45) is 3.04. The number of hydrogen-bond acceptors (Lipinski definition) is 4. The molecular formula is C7H10N2OS. The topological polar surface area (TPSA) is 46.0 Å². The van der Waals surface area contributed by atoms with Crippen LogP contribution in [0.1, 0.15) is 31.1 Å². The third-order valence-corrected chi connectivity index (χ3v) is 2.49. The fourth-order valence-corrected chi connectivity index (χ4v) is 1.61. The molecule has 60 valence electrons. The van der Waals surface area contributed by atoms with E-state index in [4.69, 9.17) is 0 Å². The van der Waals surface area contributed by atoms with Crippen molar-refractivity contribution in [3.63, 3.8) is 0 Å². The lowest BCUT2D eigenvalue weighted by Gasteiger charge is -2.03. The maximum Gasteiger partial charge on any atom is 0.104 e. The zero-order chi connectivity index (χ0) is 7.68. The smallest absolute Gasteiger partial charge is 0.104 e. The maximum atomic E-state index is 9.52. The first kappa shape index (κ1) is 7.18. The molecule has 4 heteroatoms. The van der Waals surface area contributed by atoms with Crippen LogP contribution in [0.25, 0.3) is 0 Å². The van der Waals surface area contributed by atoms with E-state index in [0.29, 0.717) is 0 Å². The average molecular weight is 170 g/mol. The van der Waals surface area contributed by atoms with Gasteiger partial charge in [0.25, 0.3) is 0 Å². The molecule has 1 aliphatic rings. The molecule has 1 aliphatic carbocycles. The predicted molar refractivity (Wildman–Crippen MR) is 42.2 cm³/mol. The molecule has 1 atom stereocenters. The number of aliphatic hydroxyl groups is 1. The van der Waals surface area contributed by atoms with Gasteiger partial charge >= 0.3 is 0 Å². The van der Waals surface area contributed by atoms with Crippen LogP contribution in [0.4, 0.5) is 0 Å². The summed E-state index contributed by atoms with van der Waals surface area (Å²) in [5.41, 5.74) is 0.738. The van der Waals surface area contributed by atoms with Crippen LogP contribution in [0.15, 0.2) is 5.38 Å². The molecule has 1 saturated carbocycles. The minimum atomic E-state index is -0.374. The van der Waals surface area contributed by atoms with E-state index in [9.17, 15) is 5.11 Å². The first-order valence-electron chi connectivity index (χ1n) is 3.81. The second-order valence-corrected chi connectivity index (χ2v) is 3.63. The minimum absolute atomic E-state index is 0.374. The van der Waals surface area contributed by atoms with Gasteiger partial charge in [0.1, 0.15) is 5.69 Å². The van der Waals surface area contributed by atoms with Gasteiger partial charge in [0.05, 0.1) is 6.10 Å². The zero-order valence-corrected chi connectivity index (χ0v) is 6.92. The van der Waals surface area contributed by atoms with E-state index in [2.05, 4.69) is 9.59 Å². The lowest BCUT2D eigenvalue weighted by molar-refractivity contribution is 0.155. The molecule has 1 aromatic heterocycles. The van der Waals surface area contributed by atoms with Crippen molar-refractivity contribution in [2.45, 2.75) is 25.4 Å². The lowest BCUT2D eigenvalue weighted by atomic mass is 10.1. The number of rotatable bonds is 3. The van der Waals surface area contributed by atoms with Crippen molar-refractivity contribution in [1.29, 1.82) is 0 Å². The van der Waals surface area contributed by atoms with E-state index in [0.717, 1.165) is 18.0 Å². The van der Waals surface area contributed by atoms with Gasteiger partial charge in [0.15, 0.2) is 0 Å². The second-order valence-electron chi connectivity index (χ2n) is 3.02. The van der Waals surface area contributed by atoms with Crippen LogP contribution in [-0.4, -0.2) is 14.7 Å². The molecule has 0 bridgehead atoms. The maximum absolute atomic E-state index is 9.52. The minimum Gasteiger partial charge on any atom is -0.387 e. The van der Waals surface area contributed by atoms with E-state index in [-0.39, 0.29) is 6.10 Å². The largest absolute Gasteiger partial charge is 0.387 e. The van der Waals surface area contributed by atoms with Crippen molar-refractivity contribution in [1.82, 2.24) is 9.59 Å². The summed E-state index contributed by atoms with van der Waals surface area (Å²) >= 11 is 1.29. The molecule has 1 heterocycles. The highest BCUT2D eigenvalue weighted by atomic mass is 32.1. The number of nitrogens with zero attached hydrogens (tertiary/aromatic N) is 2. The molecule has 1 unspecified atom stereocenters. The highest BCUT2D eigenvalue weighted by Gasteiger charge is 2.25. The van der Waals surface area contributed by atoms with Crippen LogP contribution in [0.2, 0.25) is 0 Å². The van der Waals surface area contributed by atoms with E-state index in [1.165, 1.54) is 24.4 Å². The molecule has 1 fully saturated rings. The Morgan fingerprint density at radius 1 is 1.73 bits per heavy atom. The molecule has 0 saturated heterocycles. The highest BCUT2D eigenvalue weighted by molar-refractivity contribution is 7.03. The van der Waals surface area contributed by atoms with Crippen LogP contribution >= 0.6 is 11.5 Å². The molecule has 1 aromatic rings. The molecule has 0 aliphatic heterocycles. The summed E-state index contributed by atoms with van der Waals surface area (Å²) in [7, 11) is 0. The lowest BCUT2D eigenvalue weighted by Crippen LogP contribution is -1.98. The molecule has 3 nitrogen and oxygen atoms in total.